The van der Waals surface area contributed by atoms with Crippen LogP contribution in [0.4, 0.5) is 0 Å². The lowest BCUT2D eigenvalue weighted by Crippen LogP contribution is -2.41. The van der Waals surface area contributed by atoms with Crippen molar-refractivity contribution >= 4 is 23.4 Å². The van der Waals surface area contributed by atoms with Gasteiger partial charge in [0.15, 0.2) is 0 Å². The van der Waals surface area contributed by atoms with Gasteiger partial charge in [-0.15, -0.1) is 0 Å². The molecule has 0 N–H and O–H groups in total. The van der Waals surface area contributed by atoms with E-state index >= 15 is 0 Å². The maximum Gasteiger partial charge on any atom is 0.495 e. The van der Waals surface area contributed by atoms with Crippen LogP contribution in [0.3, 0.4) is 0 Å². The van der Waals surface area contributed by atoms with E-state index < -0.39 is 0 Å². The van der Waals surface area contributed by atoms with E-state index in [1.54, 1.807) is 0 Å². The number of nitrogens with zero attached hydrogens (tertiary/aromatic N) is 1. The Labute approximate surface area is 132 Å². The number of pyridine rings is 1. The first-order valence-corrected chi connectivity index (χ1v) is 8.11. The van der Waals surface area contributed by atoms with Gasteiger partial charge >= 0.3 is 7.12 Å². The molecule has 0 amide bonds. The minimum atomic E-state index is -0.300. The minimum Gasteiger partial charge on any atom is -0.399 e. The number of hydrogen-bond donors (Lipinski definition) is 0. The van der Waals surface area contributed by atoms with E-state index in [4.69, 9.17) is 9.31 Å². The van der Waals surface area contributed by atoms with Crippen molar-refractivity contribution < 1.29 is 9.31 Å². The van der Waals surface area contributed by atoms with Gasteiger partial charge in [-0.3, -0.25) is 4.98 Å². The average molecular weight is 295 g/mol. The van der Waals surface area contributed by atoms with Gasteiger partial charge in [-0.05, 0) is 68.9 Å². The van der Waals surface area contributed by atoms with Crippen LogP contribution in [0.25, 0.3) is 10.8 Å². The first-order chi connectivity index (χ1) is 10.4. The second-order valence-corrected chi connectivity index (χ2v) is 7.53. The molecule has 1 aromatic heterocycles. The lowest BCUT2D eigenvalue weighted by Gasteiger charge is -2.32. The first kappa shape index (κ1) is 14.2. The molecule has 2 aromatic rings. The summed E-state index contributed by atoms with van der Waals surface area (Å²) in [5.41, 5.74) is 2.00. The van der Waals surface area contributed by atoms with Crippen molar-refractivity contribution in [2.24, 2.45) is 0 Å². The highest BCUT2D eigenvalue weighted by Gasteiger charge is 2.52. The van der Waals surface area contributed by atoms with Crippen molar-refractivity contribution in [2.75, 3.05) is 0 Å². The minimum absolute atomic E-state index is 0.279. The van der Waals surface area contributed by atoms with Crippen molar-refractivity contribution in [1.82, 2.24) is 4.98 Å². The third kappa shape index (κ3) is 2.09. The molecular weight excluding hydrogens is 273 g/mol. The van der Waals surface area contributed by atoms with Gasteiger partial charge in [0, 0.05) is 17.8 Å². The topological polar surface area (TPSA) is 31.4 Å². The quantitative estimate of drug-likeness (QED) is 0.796. The monoisotopic (exact) mass is 295 g/mol. The molecule has 1 aromatic carbocycles. The lowest BCUT2D eigenvalue weighted by molar-refractivity contribution is 0.00578. The summed E-state index contributed by atoms with van der Waals surface area (Å²) in [6.07, 6.45) is 6.33. The maximum absolute atomic E-state index is 6.28. The molecule has 1 aliphatic heterocycles. The molecule has 1 saturated heterocycles. The summed E-state index contributed by atoms with van der Waals surface area (Å²) >= 11 is 0. The van der Waals surface area contributed by atoms with E-state index in [9.17, 15) is 0 Å². The van der Waals surface area contributed by atoms with Crippen LogP contribution in [0.2, 0.25) is 0 Å². The van der Waals surface area contributed by atoms with Crippen LogP contribution >= 0.6 is 0 Å². The average Bonchev–Trinajstić information content (AvgIpc) is 3.25. The lowest BCUT2D eigenvalue weighted by atomic mass is 9.73. The zero-order valence-corrected chi connectivity index (χ0v) is 13.7. The van der Waals surface area contributed by atoms with E-state index in [1.807, 2.05) is 12.4 Å². The fourth-order valence-electron chi connectivity index (χ4n) is 3.21. The van der Waals surface area contributed by atoms with Gasteiger partial charge in [-0.2, -0.15) is 0 Å². The summed E-state index contributed by atoms with van der Waals surface area (Å²) in [5, 5.41) is 2.49. The van der Waals surface area contributed by atoms with Gasteiger partial charge in [0.1, 0.15) is 0 Å². The molecule has 0 atom stereocenters. The normalized spacial score (nSPS) is 23.2. The Morgan fingerprint density at radius 3 is 2.36 bits per heavy atom. The summed E-state index contributed by atoms with van der Waals surface area (Å²) in [6.45, 7) is 8.42. The van der Waals surface area contributed by atoms with Crippen molar-refractivity contribution in [3.8, 4) is 0 Å². The second kappa shape index (κ2) is 4.56. The highest BCUT2D eigenvalue weighted by atomic mass is 16.7. The highest BCUT2D eigenvalue weighted by molar-refractivity contribution is 6.63. The van der Waals surface area contributed by atoms with E-state index in [2.05, 4.69) is 50.9 Å². The van der Waals surface area contributed by atoms with Gasteiger partial charge in [0.2, 0.25) is 0 Å². The molecule has 0 radical (unpaired) electrons. The van der Waals surface area contributed by atoms with Crippen LogP contribution in [-0.2, 0) is 9.31 Å². The van der Waals surface area contributed by atoms with E-state index in [0.717, 1.165) is 0 Å². The Balaban J connectivity index is 1.84. The summed E-state index contributed by atoms with van der Waals surface area (Å²) in [6, 6.07) is 6.42. The van der Waals surface area contributed by atoms with E-state index in [-0.39, 0.29) is 18.3 Å². The summed E-state index contributed by atoms with van der Waals surface area (Å²) in [4.78, 5) is 4.24. The molecular formula is C18H22BNO2. The van der Waals surface area contributed by atoms with Crippen LogP contribution < -0.4 is 5.46 Å². The SMILES string of the molecule is CC1(C)OB(c2ccc3cnccc3c2C2CC2)OC1(C)C. The molecule has 4 rings (SSSR count). The molecule has 1 aliphatic carbocycles. The molecule has 114 valence electrons. The first-order valence-electron chi connectivity index (χ1n) is 8.11. The number of fused-ring (bicyclic) bond motifs is 1. The largest absolute Gasteiger partial charge is 0.495 e. The van der Waals surface area contributed by atoms with Crippen LogP contribution in [0.15, 0.2) is 30.6 Å². The molecule has 2 aliphatic rings. The molecule has 3 nitrogen and oxygen atoms in total. The van der Waals surface area contributed by atoms with Crippen LogP contribution in [-0.4, -0.2) is 23.3 Å². The Morgan fingerprint density at radius 2 is 1.73 bits per heavy atom. The Hall–Kier alpha value is -1.39. The van der Waals surface area contributed by atoms with Crippen molar-refractivity contribution in [3.63, 3.8) is 0 Å². The van der Waals surface area contributed by atoms with Gasteiger partial charge in [0.05, 0.1) is 11.2 Å². The van der Waals surface area contributed by atoms with Crippen LogP contribution in [0, 0.1) is 0 Å². The van der Waals surface area contributed by atoms with Gasteiger partial charge in [0.25, 0.3) is 0 Å². The molecule has 4 heteroatoms. The van der Waals surface area contributed by atoms with Crippen molar-refractivity contribution in [2.45, 2.75) is 57.7 Å². The van der Waals surface area contributed by atoms with E-state index in [0.29, 0.717) is 5.92 Å². The number of aromatic nitrogens is 1. The van der Waals surface area contributed by atoms with Crippen molar-refractivity contribution in [3.05, 3.63) is 36.2 Å². The Morgan fingerprint density at radius 1 is 1.05 bits per heavy atom. The second-order valence-electron chi connectivity index (χ2n) is 7.53. The summed E-state index contributed by atoms with van der Waals surface area (Å²) in [7, 11) is -0.279. The smallest absolute Gasteiger partial charge is 0.399 e. The van der Waals surface area contributed by atoms with Crippen LogP contribution in [0.1, 0.15) is 52.0 Å². The predicted octanol–water partition coefficient (Wildman–Crippen LogP) is 3.41. The fourth-order valence-corrected chi connectivity index (χ4v) is 3.21. The molecule has 0 bridgehead atoms. The zero-order chi connectivity index (χ0) is 15.5. The van der Waals surface area contributed by atoms with Crippen LogP contribution in [0.5, 0.6) is 0 Å². The zero-order valence-electron chi connectivity index (χ0n) is 13.7. The number of rotatable bonds is 2. The fraction of sp³-hybridized carbons (Fsp3) is 0.500. The molecule has 22 heavy (non-hydrogen) atoms. The number of benzene rings is 1. The summed E-state index contributed by atoms with van der Waals surface area (Å²) < 4.78 is 12.6. The molecule has 2 fully saturated rings. The van der Waals surface area contributed by atoms with Crippen molar-refractivity contribution in [1.29, 1.82) is 0 Å². The Bertz CT molecular complexity index is 721. The van der Waals surface area contributed by atoms with Gasteiger partial charge in [-0.25, -0.2) is 0 Å². The third-order valence-corrected chi connectivity index (χ3v) is 5.39. The van der Waals surface area contributed by atoms with Gasteiger partial charge in [-0.1, -0.05) is 12.1 Å². The highest BCUT2D eigenvalue weighted by Crippen LogP contribution is 2.44. The Kier molecular flexibility index (Phi) is 2.95. The molecule has 2 heterocycles. The molecule has 0 unspecified atom stereocenters. The molecule has 1 saturated carbocycles. The summed E-state index contributed by atoms with van der Waals surface area (Å²) in [5.74, 6) is 0.639. The standard InChI is InChI=1S/C18H22BNO2/c1-17(2)18(3,4)22-19(21-17)15-8-7-13-11-20-10-9-14(13)16(15)12-5-6-12/h7-12H,5-6H2,1-4H3. The maximum atomic E-state index is 6.28. The van der Waals surface area contributed by atoms with Gasteiger partial charge < -0.3 is 9.31 Å². The van der Waals surface area contributed by atoms with E-state index in [1.165, 1.54) is 34.6 Å². The third-order valence-electron chi connectivity index (χ3n) is 5.39. The number of hydrogen-bond acceptors (Lipinski definition) is 3. The predicted molar refractivity (Wildman–Crippen MR) is 89.4 cm³/mol. The molecule has 0 spiro atoms.